The van der Waals surface area contributed by atoms with E-state index in [2.05, 4.69) is 61.9 Å². The van der Waals surface area contributed by atoms with Crippen LogP contribution in [0.1, 0.15) is 31.9 Å². The van der Waals surface area contributed by atoms with Gasteiger partial charge < -0.3 is 4.90 Å². The third-order valence-electron chi connectivity index (χ3n) is 3.32. The molecule has 0 atom stereocenters. The second kappa shape index (κ2) is 7.46. The summed E-state index contributed by atoms with van der Waals surface area (Å²) >= 11 is 0. The van der Waals surface area contributed by atoms with E-state index in [0.29, 0.717) is 0 Å². The van der Waals surface area contributed by atoms with Gasteiger partial charge in [0.25, 0.3) is 0 Å². The first kappa shape index (κ1) is 14.2. The number of benzene rings is 1. The zero-order valence-corrected chi connectivity index (χ0v) is 11.7. The Kier molecular flexibility index (Phi) is 6.23. The van der Waals surface area contributed by atoms with Crippen molar-refractivity contribution in [1.82, 2.24) is 9.80 Å². The van der Waals surface area contributed by atoms with Gasteiger partial charge in [-0.2, -0.15) is 0 Å². The Balaban J connectivity index is 2.55. The lowest BCUT2D eigenvalue weighted by atomic mass is 10.1. The van der Waals surface area contributed by atoms with Crippen molar-refractivity contribution in [3.63, 3.8) is 0 Å². The topological polar surface area (TPSA) is 6.48 Å². The highest BCUT2D eigenvalue weighted by atomic mass is 15.1. The summed E-state index contributed by atoms with van der Waals surface area (Å²) in [7, 11) is 2.16. The molecule has 17 heavy (non-hydrogen) atoms. The SMILES string of the molecule is CCN(C)Cc1ccc(CN(CC)CC)cc1. The van der Waals surface area contributed by atoms with Crippen LogP contribution in [0.4, 0.5) is 0 Å². The highest BCUT2D eigenvalue weighted by Gasteiger charge is 2.02. The summed E-state index contributed by atoms with van der Waals surface area (Å²) in [5, 5.41) is 0. The lowest BCUT2D eigenvalue weighted by Crippen LogP contribution is -2.22. The zero-order valence-electron chi connectivity index (χ0n) is 11.7. The van der Waals surface area contributed by atoms with Crippen LogP contribution in [0.15, 0.2) is 24.3 Å². The number of hydrogen-bond donors (Lipinski definition) is 0. The third-order valence-corrected chi connectivity index (χ3v) is 3.32. The Morgan fingerprint density at radius 3 is 1.65 bits per heavy atom. The molecule has 1 rings (SSSR count). The average Bonchev–Trinajstić information content (AvgIpc) is 2.37. The van der Waals surface area contributed by atoms with Crippen molar-refractivity contribution in [2.75, 3.05) is 26.7 Å². The van der Waals surface area contributed by atoms with Gasteiger partial charge in [-0.3, -0.25) is 4.90 Å². The van der Waals surface area contributed by atoms with Gasteiger partial charge in [0, 0.05) is 13.1 Å². The minimum Gasteiger partial charge on any atom is -0.302 e. The highest BCUT2D eigenvalue weighted by molar-refractivity contribution is 5.22. The lowest BCUT2D eigenvalue weighted by Gasteiger charge is -2.18. The monoisotopic (exact) mass is 234 g/mol. The largest absolute Gasteiger partial charge is 0.302 e. The van der Waals surface area contributed by atoms with Gasteiger partial charge in [0.2, 0.25) is 0 Å². The molecule has 2 heteroatoms. The molecule has 1 aromatic rings. The summed E-state index contributed by atoms with van der Waals surface area (Å²) < 4.78 is 0. The summed E-state index contributed by atoms with van der Waals surface area (Å²) in [6.45, 7) is 12.1. The Morgan fingerprint density at radius 2 is 1.24 bits per heavy atom. The average molecular weight is 234 g/mol. The van der Waals surface area contributed by atoms with Crippen molar-refractivity contribution in [3.8, 4) is 0 Å². The van der Waals surface area contributed by atoms with Gasteiger partial charge in [0.1, 0.15) is 0 Å². The molecule has 0 spiro atoms. The maximum atomic E-state index is 2.44. The van der Waals surface area contributed by atoms with Gasteiger partial charge in [-0.15, -0.1) is 0 Å². The molecule has 0 unspecified atom stereocenters. The van der Waals surface area contributed by atoms with Crippen LogP contribution in [0.5, 0.6) is 0 Å². The predicted octanol–water partition coefficient (Wildman–Crippen LogP) is 2.98. The Bertz CT molecular complexity index is 301. The van der Waals surface area contributed by atoms with Gasteiger partial charge in [-0.05, 0) is 37.8 Å². The molecule has 0 N–H and O–H groups in total. The van der Waals surface area contributed by atoms with E-state index in [1.165, 1.54) is 11.1 Å². The predicted molar refractivity (Wildman–Crippen MR) is 75.1 cm³/mol. The van der Waals surface area contributed by atoms with Crippen molar-refractivity contribution < 1.29 is 0 Å². The van der Waals surface area contributed by atoms with Gasteiger partial charge >= 0.3 is 0 Å². The molecule has 0 saturated carbocycles. The fourth-order valence-electron chi connectivity index (χ4n) is 1.88. The molecule has 0 fully saturated rings. The molecule has 0 aliphatic rings. The molecule has 0 aromatic heterocycles. The summed E-state index contributed by atoms with van der Waals surface area (Å²) in [6.07, 6.45) is 0. The van der Waals surface area contributed by atoms with Crippen molar-refractivity contribution in [1.29, 1.82) is 0 Å². The van der Waals surface area contributed by atoms with Crippen molar-refractivity contribution in [3.05, 3.63) is 35.4 Å². The molecular formula is C15H26N2. The van der Waals surface area contributed by atoms with E-state index in [1.807, 2.05) is 0 Å². The Hall–Kier alpha value is -0.860. The van der Waals surface area contributed by atoms with Crippen LogP contribution in [0, 0.1) is 0 Å². The minimum absolute atomic E-state index is 1.04. The molecule has 0 aliphatic heterocycles. The minimum atomic E-state index is 1.04. The van der Waals surface area contributed by atoms with E-state index >= 15 is 0 Å². The first-order chi connectivity index (χ1) is 8.19. The maximum absolute atomic E-state index is 2.44. The Labute approximate surface area is 106 Å². The van der Waals surface area contributed by atoms with Crippen molar-refractivity contribution in [2.24, 2.45) is 0 Å². The molecule has 0 saturated heterocycles. The molecule has 0 bridgehead atoms. The summed E-state index contributed by atoms with van der Waals surface area (Å²) in [5.41, 5.74) is 2.81. The standard InChI is InChI=1S/C15H26N2/c1-5-16(4)12-14-8-10-15(11-9-14)13-17(6-2)7-3/h8-11H,5-7,12-13H2,1-4H3. The quantitative estimate of drug-likeness (QED) is 0.715. The normalized spacial score (nSPS) is 11.4. The number of hydrogen-bond acceptors (Lipinski definition) is 2. The molecule has 1 aromatic carbocycles. The van der Waals surface area contributed by atoms with E-state index in [1.54, 1.807) is 0 Å². The van der Waals surface area contributed by atoms with Crippen LogP contribution in [0.25, 0.3) is 0 Å². The summed E-state index contributed by atoms with van der Waals surface area (Å²) in [6, 6.07) is 9.03. The Morgan fingerprint density at radius 1 is 0.765 bits per heavy atom. The zero-order chi connectivity index (χ0) is 12.7. The first-order valence-electron chi connectivity index (χ1n) is 6.68. The van der Waals surface area contributed by atoms with Crippen molar-refractivity contribution in [2.45, 2.75) is 33.9 Å². The van der Waals surface area contributed by atoms with E-state index < -0.39 is 0 Å². The maximum Gasteiger partial charge on any atom is 0.0233 e. The van der Waals surface area contributed by atoms with E-state index in [0.717, 1.165) is 32.7 Å². The molecule has 0 radical (unpaired) electrons. The molecular weight excluding hydrogens is 208 g/mol. The molecule has 0 amide bonds. The van der Waals surface area contributed by atoms with Gasteiger partial charge in [-0.25, -0.2) is 0 Å². The van der Waals surface area contributed by atoms with Crippen LogP contribution >= 0.6 is 0 Å². The molecule has 0 aliphatic carbocycles. The molecule has 2 nitrogen and oxygen atoms in total. The number of rotatable bonds is 7. The molecule has 96 valence electrons. The summed E-state index contributed by atoms with van der Waals surface area (Å²) in [5.74, 6) is 0. The second-order valence-electron chi connectivity index (χ2n) is 4.61. The van der Waals surface area contributed by atoms with Crippen LogP contribution in [-0.4, -0.2) is 36.5 Å². The third kappa shape index (κ3) is 4.88. The van der Waals surface area contributed by atoms with Crippen LogP contribution in [0.3, 0.4) is 0 Å². The molecule has 0 heterocycles. The van der Waals surface area contributed by atoms with E-state index in [4.69, 9.17) is 0 Å². The fraction of sp³-hybridized carbons (Fsp3) is 0.600. The van der Waals surface area contributed by atoms with Gasteiger partial charge in [0.05, 0.1) is 0 Å². The van der Waals surface area contributed by atoms with E-state index in [-0.39, 0.29) is 0 Å². The lowest BCUT2D eigenvalue weighted by molar-refractivity contribution is 0.296. The second-order valence-corrected chi connectivity index (χ2v) is 4.61. The first-order valence-corrected chi connectivity index (χ1v) is 6.68. The van der Waals surface area contributed by atoms with Gasteiger partial charge in [0.15, 0.2) is 0 Å². The number of nitrogens with zero attached hydrogens (tertiary/aromatic N) is 2. The van der Waals surface area contributed by atoms with Crippen molar-refractivity contribution >= 4 is 0 Å². The smallest absolute Gasteiger partial charge is 0.0233 e. The van der Waals surface area contributed by atoms with Gasteiger partial charge in [-0.1, -0.05) is 45.0 Å². The van der Waals surface area contributed by atoms with E-state index in [9.17, 15) is 0 Å². The van der Waals surface area contributed by atoms with Crippen LogP contribution < -0.4 is 0 Å². The summed E-state index contributed by atoms with van der Waals surface area (Å²) in [4.78, 5) is 4.76. The highest BCUT2D eigenvalue weighted by Crippen LogP contribution is 2.09. The fourth-order valence-corrected chi connectivity index (χ4v) is 1.88. The van der Waals surface area contributed by atoms with Crippen LogP contribution in [-0.2, 0) is 13.1 Å². The van der Waals surface area contributed by atoms with Crippen LogP contribution in [0.2, 0.25) is 0 Å².